The van der Waals surface area contributed by atoms with Crippen molar-refractivity contribution in [2.75, 3.05) is 0 Å². The van der Waals surface area contributed by atoms with Gasteiger partial charge in [-0.25, -0.2) is 0 Å². The number of benzene rings is 1. The Balaban J connectivity index is 3.12. The third-order valence-electron chi connectivity index (χ3n) is 2.32. The fourth-order valence-electron chi connectivity index (χ4n) is 1.40. The summed E-state index contributed by atoms with van der Waals surface area (Å²) in [4.78, 5) is 0. The highest BCUT2D eigenvalue weighted by molar-refractivity contribution is 9.10. The summed E-state index contributed by atoms with van der Waals surface area (Å²) in [5.41, 5.74) is 8.60. The van der Waals surface area contributed by atoms with Crippen molar-refractivity contribution in [1.82, 2.24) is 0 Å². The van der Waals surface area contributed by atoms with Gasteiger partial charge in [-0.05, 0) is 30.0 Å². The fourth-order valence-corrected chi connectivity index (χ4v) is 2.13. The molecule has 0 amide bonds. The van der Waals surface area contributed by atoms with Crippen LogP contribution in [0.2, 0.25) is 0 Å². The number of nitrogens with two attached hydrogens (primary N) is 1. The van der Waals surface area contributed by atoms with Crippen molar-refractivity contribution in [1.29, 1.82) is 0 Å². The molecule has 0 heterocycles. The number of aryl methyl sites for hydroxylation is 1. The highest BCUT2D eigenvalue weighted by Crippen LogP contribution is 2.29. The molecule has 0 saturated carbocycles. The third kappa shape index (κ3) is 2.32. The molecule has 0 aromatic heterocycles. The first-order valence-electron chi connectivity index (χ1n) is 4.54. The smallest absolute Gasteiger partial charge is 0.0332 e. The van der Waals surface area contributed by atoms with E-state index in [2.05, 4.69) is 42.8 Å². The first-order valence-corrected chi connectivity index (χ1v) is 5.34. The van der Waals surface area contributed by atoms with Crippen LogP contribution >= 0.6 is 15.9 Å². The van der Waals surface area contributed by atoms with Crippen LogP contribution in [0, 0.1) is 12.8 Å². The van der Waals surface area contributed by atoms with Gasteiger partial charge in [0, 0.05) is 10.5 Å². The Kier molecular flexibility index (Phi) is 3.51. The normalized spacial score (nSPS) is 13.4. The molecule has 1 nitrogen and oxygen atoms in total. The van der Waals surface area contributed by atoms with E-state index in [1.165, 1.54) is 11.1 Å². The van der Waals surface area contributed by atoms with E-state index in [9.17, 15) is 0 Å². The van der Waals surface area contributed by atoms with E-state index in [4.69, 9.17) is 5.73 Å². The summed E-state index contributed by atoms with van der Waals surface area (Å²) in [7, 11) is 0. The molecule has 0 aliphatic rings. The van der Waals surface area contributed by atoms with Crippen LogP contribution in [0.15, 0.2) is 22.7 Å². The van der Waals surface area contributed by atoms with E-state index in [0.717, 1.165) is 4.47 Å². The number of hydrogen-bond acceptors (Lipinski definition) is 1. The van der Waals surface area contributed by atoms with Crippen molar-refractivity contribution >= 4 is 15.9 Å². The molecule has 0 bridgehead atoms. The second kappa shape index (κ2) is 4.25. The molecule has 0 fully saturated rings. The predicted molar refractivity (Wildman–Crippen MR) is 60.6 cm³/mol. The average Bonchev–Trinajstić information content (AvgIpc) is 2.03. The largest absolute Gasteiger partial charge is 0.324 e. The van der Waals surface area contributed by atoms with Gasteiger partial charge in [0.1, 0.15) is 0 Å². The van der Waals surface area contributed by atoms with Crippen LogP contribution in [-0.2, 0) is 0 Å². The molecule has 0 radical (unpaired) electrons. The third-order valence-corrected chi connectivity index (χ3v) is 3.01. The first kappa shape index (κ1) is 10.7. The van der Waals surface area contributed by atoms with Crippen molar-refractivity contribution in [3.63, 3.8) is 0 Å². The van der Waals surface area contributed by atoms with E-state index in [1.807, 2.05) is 12.1 Å². The summed E-state index contributed by atoms with van der Waals surface area (Å²) in [6.07, 6.45) is 0. The van der Waals surface area contributed by atoms with E-state index in [-0.39, 0.29) is 6.04 Å². The predicted octanol–water partition coefficient (Wildman–Crippen LogP) is 3.41. The van der Waals surface area contributed by atoms with Gasteiger partial charge in [-0.2, -0.15) is 0 Å². The maximum atomic E-state index is 6.11. The topological polar surface area (TPSA) is 26.0 Å². The van der Waals surface area contributed by atoms with Crippen LogP contribution in [0.1, 0.15) is 31.0 Å². The Hall–Kier alpha value is -0.340. The lowest BCUT2D eigenvalue weighted by Gasteiger charge is -2.19. The molecule has 1 aromatic rings. The van der Waals surface area contributed by atoms with Gasteiger partial charge >= 0.3 is 0 Å². The number of halogens is 1. The lowest BCUT2D eigenvalue weighted by molar-refractivity contribution is 0.510. The summed E-state index contributed by atoms with van der Waals surface area (Å²) in [5.74, 6) is 0.470. The van der Waals surface area contributed by atoms with Gasteiger partial charge in [-0.15, -0.1) is 0 Å². The standard InChI is InChI=1S/C11H16BrN/c1-7(2)11(13)10-8(3)5-4-6-9(10)12/h4-7,11H,13H2,1-3H3/t11-/m1/s1. The molecular weight excluding hydrogens is 226 g/mol. The monoisotopic (exact) mass is 241 g/mol. The lowest BCUT2D eigenvalue weighted by atomic mass is 9.94. The average molecular weight is 242 g/mol. The van der Waals surface area contributed by atoms with Crippen molar-refractivity contribution in [3.05, 3.63) is 33.8 Å². The minimum Gasteiger partial charge on any atom is -0.324 e. The van der Waals surface area contributed by atoms with Gasteiger partial charge < -0.3 is 5.73 Å². The number of hydrogen-bond donors (Lipinski definition) is 1. The maximum absolute atomic E-state index is 6.11. The molecule has 0 aliphatic carbocycles. The summed E-state index contributed by atoms with van der Waals surface area (Å²) in [6.45, 7) is 6.38. The second-order valence-electron chi connectivity index (χ2n) is 3.74. The highest BCUT2D eigenvalue weighted by Gasteiger charge is 2.15. The van der Waals surface area contributed by atoms with E-state index >= 15 is 0 Å². The quantitative estimate of drug-likeness (QED) is 0.844. The highest BCUT2D eigenvalue weighted by atomic mass is 79.9. The Morgan fingerprint density at radius 1 is 1.31 bits per heavy atom. The summed E-state index contributed by atoms with van der Waals surface area (Å²) in [5, 5.41) is 0. The summed E-state index contributed by atoms with van der Waals surface area (Å²) < 4.78 is 1.12. The van der Waals surface area contributed by atoms with Crippen LogP contribution in [-0.4, -0.2) is 0 Å². The minimum atomic E-state index is 0.121. The Labute approximate surface area is 88.5 Å². The van der Waals surface area contributed by atoms with Gasteiger partial charge in [-0.3, -0.25) is 0 Å². The van der Waals surface area contributed by atoms with E-state index in [0.29, 0.717) is 5.92 Å². The van der Waals surface area contributed by atoms with Gasteiger partial charge in [-0.1, -0.05) is 41.9 Å². The molecular formula is C11H16BrN. The lowest BCUT2D eigenvalue weighted by Crippen LogP contribution is -2.18. The van der Waals surface area contributed by atoms with Crippen LogP contribution < -0.4 is 5.73 Å². The van der Waals surface area contributed by atoms with Gasteiger partial charge in [0.25, 0.3) is 0 Å². The number of rotatable bonds is 2. The molecule has 2 heteroatoms. The van der Waals surface area contributed by atoms with Gasteiger partial charge in [0.15, 0.2) is 0 Å². The minimum absolute atomic E-state index is 0.121. The fraction of sp³-hybridized carbons (Fsp3) is 0.455. The Morgan fingerprint density at radius 3 is 2.38 bits per heavy atom. The molecule has 2 N–H and O–H groups in total. The Bertz CT molecular complexity index is 274. The molecule has 0 unspecified atom stereocenters. The maximum Gasteiger partial charge on any atom is 0.0332 e. The van der Waals surface area contributed by atoms with Crippen LogP contribution in [0.3, 0.4) is 0 Å². The van der Waals surface area contributed by atoms with E-state index in [1.54, 1.807) is 0 Å². The van der Waals surface area contributed by atoms with E-state index < -0.39 is 0 Å². The molecule has 0 aliphatic heterocycles. The second-order valence-corrected chi connectivity index (χ2v) is 4.59. The van der Waals surface area contributed by atoms with Crippen molar-refractivity contribution in [2.24, 2.45) is 11.7 Å². The van der Waals surface area contributed by atoms with Crippen LogP contribution in [0.4, 0.5) is 0 Å². The van der Waals surface area contributed by atoms with Crippen LogP contribution in [0.25, 0.3) is 0 Å². The molecule has 72 valence electrons. The molecule has 1 atom stereocenters. The zero-order valence-corrected chi connectivity index (χ0v) is 9.93. The SMILES string of the molecule is Cc1cccc(Br)c1[C@H](N)C(C)C. The van der Waals surface area contributed by atoms with Crippen molar-refractivity contribution < 1.29 is 0 Å². The van der Waals surface area contributed by atoms with Crippen molar-refractivity contribution in [2.45, 2.75) is 26.8 Å². The molecule has 0 spiro atoms. The summed E-state index contributed by atoms with van der Waals surface area (Å²) >= 11 is 3.54. The zero-order valence-electron chi connectivity index (χ0n) is 8.34. The van der Waals surface area contributed by atoms with Crippen molar-refractivity contribution in [3.8, 4) is 0 Å². The molecule has 0 saturated heterocycles. The van der Waals surface area contributed by atoms with Gasteiger partial charge in [0.2, 0.25) is 0 Å². The van der Waals surface area contributed by atoms with Gasteiger partial charge in [0.05, 0.1) is 0 Å². The molecule has 1 aromatic carbocycles. The summed E-state index contributed by atoms with van der Waals surface area (Å²) in [6, 6.07) is 6.30. The Morgan fingerprint density at radius 2 is 1.92 bits per heavy atom. The molecule has 1 rings (SSSR count). The molecule has 13 heavy (non-hydrogen) atoms. The first-order chi connectivity index (χ1) is 6.04. The van der Waals surface area contributed by atoms with Crippen LogP contribution in [0.5, 0.6) is 0 Å². The zero-order chi connectivity index (χ0) is 10.0.